The van der Waals surface area contributed by atoms with Gasteiger partial charge < -0.3 is 15.0 Å². The molecule has 0 bridgehead atoms. The molecule has 174 valence electrons. The van der Waals surface area contributed by atoms with Gasteiger partial charge in [0.25, 0.3) is 0 Å². The van der Waals surface area contributed by atoms with Crippen LogP contribution in [-0.2, 0) is 16.1 Å². The molecule has 9 nitrogen and oxygen atoms in total. The van der Waals surface area contributed by atoms with Gasteiger partial charge in [0.2, 0.25) is 11.9 Å². The highest BCUT2D eigenvalue weighted by atomic mass is 16.6. The Bertz CT molecular complexity index is 1000. The van der Waals surface area contributed by atoms with E-state index < -0.39 is 0 Å². The molecule has 0 aliphatic carbocycles. The molecule has 1 N–H and O–H groups in total. The number of rotatable bonds is 7. The molecule has 2 aliphatic rings. The normalized spacial score (nSPS) is 19.8. The summed E-state index contributed by atoms with van der Waals surface area (Å²) in [6.45, 7) is 11.9. The van der Waals surface area contributed by atoms with Crippen molar-refractivity contribution in [2.45, 2.75) is 32.5 Å². The standard InChI is InChI=1S/C24H30N6O3/c1-4-22(31)29-13-11-28(12-14-29)15-19-5-7-20(8-6-19)18(3)26-23-25-10-9-21(27-23)30-17(2)16-33-24(30)32/h4-10,17-18H,1,11-16H2,2-3H3,(H,25,26,27)/t17-,18?/m0/s1. The molecule has 2 atom stereocenters. The molecular formula is C24H30N6O3. The van der Waals surface area contributed by atoms with Gasteiger partial charge in [0, 0.05) is 38.9 Å². The number of anilines is 2. The molecule has 0 spiro atoms. The van der Waals surface area contributed by atoms with E-state index in [1.165, 1.54) is 11.6 Å². The van der Waals surface area contributed by atoms with E-state index in [4.69, 9.17) is 4.74 Å². The lowest BCUT2D eigenvalue weighted by Crippen LogP contribution is -2.47. The summed E-state index contributed by atoms with van der Waals surface area (Å²) >= 11 is 0. The number of amides is 2. The van der Waals surface area contributed by atoms with Crippen LogP contribution in [0.1, 0.15) is 31.0 Å². The summed E-state index contributed by atoms with van der Waals surface area (Å²) in [6.07, 6.45) is 2.64. The molecule has 3 heterocycles. The van der Waals surface area contributed by atoms with Crippen molar-refractivity contribution in [3.63, 3.8) is 0 Å². The lowest BCUT2D eigenvalue weighted by molar-refractivity contribution is -0.127. The Hall–Kier alpha value is -3.46. The minimum absolute atomic E-state index is 0.00452. The maximum Gasteiger partial charge on any atom is 0.415 e. The van der Waals surface area contributed by atoms with Gasteiger partial charge in [0.1, 0.15) is 12.4 Å². The fourth-order valence-electron chi connectivity index (χ4n) is 4.09. The zero-order valence-electron chi connectivity index (χ0n) is 19.1. The number of ether oxygens (including phenoxy) is 1. The van der Waals surface area contributed by atoms with Crippen LogP contribution in [0.5, 0.6) is 0 Å². The van der Waals surface area contributed by atoms with Crippen LogP contribution in [-0.4, -0.2) is 70.6 Å². The third kappa shape index (κ3) is 5.31. The third-order valence-corrected chi connectivity index (χ3v) is 6.06. The summed E-state index contributed by atoms with van der Waals surface area (Å²) in [6, 6.07) is 10.1. The van der Waals surface area contributed by atoms with Crippen molar-refractivity contribution in [3.8, 4) is 0 Å². The summed E-state index contributed by atoms with van der Waals surface area (Å²) < 4.78 is 5.09. The van der Waals surface area contributed by atoms with Gasteiger partial charge in [-0.1, -0.05) is 30.8 Å². The summed E-state index contributed by atoms with van der Waals surface area (Å²) in [5, 5.41) is 3.32. The third-order valence-electron chi connectivity index (χ3n) is 6.06. The van der Waals surface area contributed by atoms with Crippen LogP contribution < -0.4 is 10.2 Å². The molecular weight excluding hydrogens is 420 g/mol. The first-order valence-corrected chi connectivity index (χ1v) is 11.2. The molecule has 2 saturated heterocycles. The first-order valence-electron chi connectivity index (χ1n) is 11.2. The van der Waals surface area contributed by atoms with Crippen molar-refractivity contribution in [2.24, 2.45) is 0 Å². The van der Waals surface area contributed by atoms with E-state index in [0.29, 0.717) is 18.4 Å². The van der Waals surface area contributed by atoms with Gasteiger partial charge in [-0.2, -0.15) is 4.98 Å². The van der Waals surface area contributed by atoms with E-state index in [2.05, 4.69) is 51.0 Å². The van der Waals surface area contributed by atoms with Crippen LogP contribution in [0.4, 0.5) is 16.6 Å². The van der Waals surface area contributed by atoms with Crippen LogP contribution in [0.2, 0.25) is 0 Å². The quantitative estimate of drug-likeness (QED) is 0.649. The smallest absolute Gasteiger partial charge is 0.415 e. The zero-order valence-corrected chi connectivity index (χ0v) is 19.1. The SMILES string of the molecule is C=CC(=O)N1CCN(Cc2ccc(C(C)Nc3nccc(N4C(=O)OC[C@@H]4C)n3)cc2)CC1. The lowest BCUT2D eigenvalue weighted by Gasteiger charge is -2.34. The number of hydrogen-bond acceptors (Lipinski definition) is 7. The van der Waals surface area contributed by atoms with Gasteiger partial charge in [0.15, 0.2) is 0 Å². The second-order valence-corrected chi connectivity index (χ2v) is 8.45. The van der Waals surface area contributed by atoms with Gasteiger partial charge in [-0.05, 0) is 37.1 Å². The lowest BCUT2D eigenvalue weighted by atomic mass is 10.1. The first-order chi connectivity index (χ1) is 15.9. The molecule has 1 unspecified atom stereocenters. The minimum Gasteiger partial charge on any atom is -0.447 e. The molecule has 0 saturated carbocycles. The van der Waals surface area contributed by atoms with E-state index in [1.807, 2.05) is 18.7 Å². The predicted molar refractivity (Wildman–Crippen MR) is 126 cm³/mol. The van der Waals surface area contributed by atoms with Crippen molar-refractivity contribution in [3.05, 3.63) is 60.3 Å². The first kappa shape index (κ1) is 22.7. The Morgan fingerprint density at radius 1 is 1.24 bits per heavy atom. The highest BCUT2D eigenvalue weighted by Gasteiger charge is 2.32. The van der Waals surface area contributed by atoms with E-state index in [-0.39, 0.29) is 24.1 Å². The monoisotopic (exact) mass is 450 g/mol. The van der Waals surface area contributed by atoms with Gasteiger partial charge in [-0.25, -0.2) is 9.78 Å². The molecule has 9 heteroatoms. The Labute approximate surface area is 194 Å². The zero-order chi connectivity index (χ0) is 23.4. The molecule has 4 rings (SSSR count). The van der Waals surface area contributed by atoms with Crippen molar-refractivity contribution in [1.82, 2.24) is 19.8 Å². The topological polar surface area (TPSA) is 90.9 Å². The number of cyclic esters (lactones) is 1. The average molecular weight is 451 g/mol. The van der Waals surface area contributed by atoms with Gasteiger partial charge in [-0.15, -0.1) is 0 Å². The molecule has 1 aromatic heterocycles. The van der Waals surface area contributed by atoms with Gasteiger partial charge >= 0.3 is 6.09 Å². The predicted octanol–water partition coefficient (Wildman–Crippen LogP) is 2.83. The molecule has 2 fully saturated rings. The number of aromatic nitrogens is 2. The number of benzene rings is 1. The van der Waals surface area contributed by atoms with E-state index in [0.717, 1.165) is 38.3 Å². The van der Waals surface area contributed by atoms with Crippen molar-refractivity contribution in [2.75, 3.05) is 43.0 Å². The van der Waals surface area contributed by atoms with Crippen LogP contribution >= 0.6 is 0 Å². The van der Waals surface area contributed by atoms with E-state index >= 15 is 0 Å². The Morgan fingerprint density at radius 2 is 1.97 bits per heavy atom. The summed E-state index contributed by atoms with van der Waals surface area (Å²) in [7, 11) is 0. The van der Waals surface area contributed by atoms with Crippen molar-refractivity contribution < 1.29 is 14.3 Å². The maximum atomic E-state index is 12.0. The van der Waals surface area contributed by atoms with Crippen molar-refractivity contribution in [1.29, 1.82) is 0 Å². The average Bonchev–Trinajstić information content (AvgIpc) is 3.17. The highest BCUT2D eigenvalue weighted by Crippen LogP contribution is 2.23. The Kier molecular flexibility index (Phi) is 6.88. The summed E-state index contributed by atoms with van der Waals surface area (Å²) in [5.74, 6) is 0.993. The van der Waals surface area contributed by atoms with Crippen LogP contribution in [0.15, 0.2) is 49.2 Å². The minimum atomic E-state index is -0.385. The van der Waals surface area contributed by atoms with Crippen LogP contribution in [0.3, 0.4) is 0 Å². The Morgan fingerprint density at radius 3 is 2.61 bits per heavy atom. The largest absolute Gasteiger partial charge is 0.447 e. The van der Waals surface area contributed by atoms with Gasteiger partial charge in [0.05, 0.1) is 12.1 Å². The Balaban J connectivity index is 1.33. The second-order valence-electron chi connectivity index (χ2n) is 8.45. The van der Waals surface area contributed by atoms with Crippen LogP contribution in [0, 0.1) is 0 Å². The number of carbonyl (C=O) groups is 2. The van der Waals surface area contributed by atoms with Crippen molar-refractivity contribution >= 4 is 23.8 Å². The highest BCUT2D eigenvalue weighted by molar-refractivity contribution is 5.89. The number of nitrogens with one attached hydrogen (secondary N) is 1. The maximum absolute atomic E-state index is 12.0. The number of carbonyl (C=O) groups excluding carboxylic acids is 2. The van der Waals surface area contributed by atoms with Gasteiger partial charge in [-0.3, -0.25) is 14.6 Å². The molecule has 2 amide bonds. The molecule has 33 heavy (non-hydrogen) atoms. The molecule has 2 aliphatic heterocycles. The molecule has 1 aromatic carbocycles. The fourth-order valence-corrected chi connectivity index (χ4v) is 4.09. The number of piperazine rings is 1. The van der Waals surface area contributed by atoms with Crippen LogP contribution in [0.25, 0.3) is 0 Å². The fraction of sp³-hybridized carbons (Fsp3) is 0.417. The van der Waals surface area contributed by atoms with E-state index in [1.54, 1.807) is 17.2 Å². The number of nitrogens with zero attached hydrogens (tertiary/aromatic N) is 5. The molecule has 0 radical (unpaired) electrons. The number of hydrogen-bond donors (Lipinski definition) is 1. The summed E-state index contributed by atoms with van der Waals surface area (Å²) in [5.41, 5.74) is 2.34. The summed E-state index contributed by atoms with van der Waals surface area (Å²) in [4.78, 5) is 38.2. The second kappa shape index (κ2) is 9.99. The molecule has 2 aromatic rings. The van der Waals surface area contributed by atoms with E-state index in [9.17, 15) is 9.59 Å².